The monoisotopic (exact) mass is 260 g/mol. The minimum Gasteiger partial charge on any atom is -0.508 e. The highest BCUT2D eigenvalue weighted by Crippen LogP contribution is 2.22. The minimum atomic E-state index is 0.0484. The van der Waals surface area contributed by atoms with Crippen LogP contribution in [-0.4, -0.2) is 41.1 Å². The summed E-state index contributed by atoms with van der Waals surface area (Å²) < 4.78 is 0. The van der Waals surface area contributed by atoms with E-state index in [9.17, 15) is 9.90 Å². The standard InChI is InChI=1S/C15H20N2O2/c18-13-5-1-11(2-6-13)7-9-17-10-8-14(15(17)19)16-12-3-4-12/h1-2,5-6,12,14,16,18H,3-4,7-10H2. The number of hydrogen-bond acceptors (Lipinski definition) is 3. The highest BCUT2D eigenvalue weighted by Gasteiger charge is 2.35. The number of carbonyl (C=O) groups is 1. The van der Waals surface area contributed by atoms with Gasteiger partial charge in [0.1, 0.15) is 5.75 Å². The highest BCUT2D eigenvalue weighted by atomic mass is 16.3. The second-order valence-corrected chi connectivity index (χ2v) is 5.52. The van der Waals surface area contributed by atoms with Crippen molar-refractivity contribution in [1.29, 1.82) is 0 Å². The van der Waals surface area contributed by atoms with Crippen molar-refractivity contribution in [1.82, 2.24) is 10.2 Å². The van der Waals surface area contributed by atoms with Crippen molar-refractivity contribution in [2.24, 2.45) is 0 Å². The van der Waals surface area contributed by atoms with Gasteiger partial charge in [-0.2, -0.15) is 0 Å². The Bertz CT molecular complexity index is 454. The number of nitrogens with one attached hydrogen (secondary N) is 1. The van der Waals surface area contributed by atoms with E-state index in [1.165, 1.54) is 12.8 Å². The van der Waals surface area contributed by atoms with Gasteiger partial charge in [0.05, 0.1) is 6.04 Å². The zero-order valence-electron chi connectivity index (χ0n) is 11.0. The Morgan fingerprint density at radius 1 is 1.21 bits per heavy atom. The maximum Gasteiger partial charge on any atom is 0.239 e. The molecular weight excluding hydrogens is 240 g/mol. The van der Waals surface area contributed by atoms with Gasteiger partial charge in [-0.3, -0.25) is 4.79 Å². The Labute approximate surface area is 113 Å². The Morgan fingerprint density at radius 2 is 1.95 bits per heavy atom. The number of phenols is 1. The molecular formula is C15H20N2O2. The quantitative estimate of drug-likeness (QED) is 0.838. The molecule has 19 heavy (non-hydrogen) atoms. The highest BCUT2D eigenvalue weighted by molar-refractivity contribution is 5.84. The lowest BCUT2D eigenvalue weighted by Gasteiger charge is -2.17. The molecule has 4 heteroatoms. The van der Waals surface area contributed by atoms with Crippen molar-refractivity contribution in [2.75, 3.05) is 13.1 Å². The number of phenolic OH excluding ortho intramolecular Hbond substituents is 1. The first-order chi connectivity index (χ1) is 9.22. The van der Waals surface area contributed by atoms with Crippen LogP contribution >= 0.6 is 0 Å². The predicted octanol–water partition coefficient (Wildman–Crippen LogP) is 1.29. The predicted molar refractivity (Wildman–Crippen MR) is 73.0 cm³/mol. The van der Waals surface area contributed by atoms with Crippen LogP contribution in [0, 0.1) is 0 Å². The summed E-state index contributed by atoms with van der Waals surface area (Å²) in [5.41, 5.74) is 1.16. The van der Waals surface area contributed by atoms with E-state index in [2.05, 4.69) is 5.32 Å². The Hall–Kier alpha value is -1.55. The van der Waals surface area contributed by atoms with Gasteiger partial charge in [0.25, 0.3) is 0 Å². The van der Waals surface area contributed by atoms with E-state index in [0.29, 0.717) is 6.04 Å². The largest absolute Gasteiger partial charge is 0.508 e. The smallest absolute Gasteiger partial charge is 0.239 e. The topological polar surface area (TPSA) is 52.6 Å². The maximum atomic E-state index is 12.2. The van der Waals surface area contributed by atoms with Crippen molar-refractivity contribution >= 4 is 5.91 Å². The van der Waals surface area contributed by atoms with Crippen LogP contribution in [0.15, 0.2) is 24.3 Å². The molecule has 2 aliphatic rings. The first kappa shape index (κ1) is 12.5. The zero-order chi connectivity index (χ0) is 13.2. The Balaban J connectivity index is 1.50. The normalized spacial score (nSPS) is 23.1. The summed E-state index contributed by atoms with van der Waals surface area (Å²) in [7, 11) is 0. The van der Waals surface area contributed by atoms with E-state index in [1.54, 1.807) is 12.1 Å². The molecule has 102 valence electrons. The van der Waals surface area contributed by atoms with Crippen molar-refractivity contribution in [2.45, 2.75) is 37.8 Å². The van der Waals surface area contributed by atoms with Crippen molar-refractivity contribution in [3.63, 3.8) is 0 Å². The molecule has 1 saturated carbocycles. The minimum absolute atomic E-state index is 0.0484. The van der Waals surface area contributed by atoms with Crippen LogP contribution in [0.1, 0.15) is 24.8 Å². The fourth-order valence-electron chi connectivity index (χ4n) is 2.58. The average molecular weight is 260 g/mol. The number of carbonyl (C=O) groups excluding carboxylic acids is 1. The van der Waals surface area contributed by atoms with Gasteiger partial charge in [0.2, 0.25) is 5.91 Å². The summed E-state index contributed by atoms with van der Waals surface area (Å²) in [4.78, 5) is 14.1. The summed E-state index contributed by atoms with van der Waals surface area (Å²) >= 11 is 0. The van der Waals surface area contributed by atoms with Crippen LogP contribution in [-0.2, 0) is 11.2 Å². The summed E-state index contributed by atoms with van der Waals surface area (Å²) in [5, 5.41) is 12.6. The third-order valence-corrected chi connectivity index (χ3v) is 3.92. The average Bonchev–Trinajstić information content (AvgIpc) is 3.16. The molecule has 1 heterocycles. The van der Waals surface area contributed by atoms with Gasteiger partial charge in [-0.25, -0.2) is 0 Å². The molecule has 0 spiro atoms. The third-order valence-electron chi connectivity index (χ3n) is 3.92. The van der Waals surface area contributed by atoms with E-state index < -0.39 is 0 Å². The molecule has 0 aromatic heterocycles. The van der Waals surface area contributed by atoms with E-state index >= 15 is 0 Å². The molecule has 0 radical (unpaired) electrons. The fourth-order valence-corrected chi connectivity index (χ4v) is 2.58. The van der Waals surface area contributed by atoms with Crippen LogP contribution in [0.3, 0.4) is 0 Å². The number of nitrogens with zero attached hydrogens (tertiary/aromatic N) is 1. The van der Waals surface area contributed by atoms with Crippen LogP contribution < -0.4 is 5.32 Å². The van der Waals surface area contributed by atoms with Crippen molar-refractivity contribution < 1.29 is 9.90 Å². The van der Waals surface area contributed by atoms with Crippen LogP contribution in [0.25, 0.3) is 0 Å². The van der Waals surface area contributed by atoms with Gasteiger partial charge in [0, 0.05) is 19.1 Å². The lowest BCUT2D eigenvalue weighted by Crippen LogP contribution is -2.39. The molecule has 1 aromatic rings. The van der Waals surface area contributed by atoms with Gasteiger partial charge in [0.15, 0.2) is 0 Å². The van der Waals surface area contributed by atoms with E-state index in [4.69, 9.17) is 0 Å². The van der Waals surface area contributed by atoms with E-state index in [-0.39, 0.29) is 17.7 Å². The molecule has 1 aliphatic heterocycles. The molecule has 1 saturated heterocycles. The summed E-state index contributed by atoms with van der Waals surface area (Å²) in [5.74, 6) is 0.542. The number of rotatable bonds is 5. The van der Waals surface area contributed by atoms with Gasteiger partial charge in [-0.1, -0.05) is 12.1 Å². The molecule has 0 bridgehead atoms. The molecule has 2 N–H and O–H groups in total. The molecule has 1 unspecified atom stereocenters. The number of amides is 1. The lowest BCUT2D eigenvalue weighted by atomic mass is 10.1. The molecule has 2 fully saturated rings. The summed E-state index contributed by atoms with van der Waals surface area (Å²) in [6.07, 6.45) is 4.22. The summed E-state index contributed by atoms with van der Waals surface area (Å²) in [6, 6.07) is 7.85. The van der Waals surface area contributed by atoms with E-state index in [0.717, 1.165) is 31.5 Å². The molecule has 1 amide bonds. The molecule has 1 atom stereocenters. The third kappa shape index (κ3) is 3.07. The van der Waals surface area contributed by atoms with E-state index in [1.807, 2.05) is 17.0 Å². The number of likely N-dealkylation sites (tertiary alicyclic amines) is 1. The maximum absolute atomic E-state index is 12.2. The Morgan fingerprint density at radius 3 is 2.63 bits per heavy atom. The van der Waals surface area contributed by atoms with Crippen molar-refractivity contribution in [3.05, 3.63) is 29.8 Å². The van der Waals surface area contributed by atoms with Crippen LogP contribution in [0.4, 0.5) is 0 Å². The number of aromatic hydroxyl groups is 1. The number of benzene rings is 1. The molecule has 1 aromatic carbocycles. The lowest BCUT2D eigenvalue weighted by molar-refractivity contribution is -0.129. The van der Waals surface area contributed by atoms with Gasteiger partial charge < -0.3 is 15.3 Å². The zero-order valence-corrected chi connectivity index (χ0v) is 11.0. The molecule has 4 nitrogen and oxygen atoms in total. The van der Waals surface area contributed by atoms with Crippen molar-refractivity contribution in [3.8, 4) is 5.75 Å². The van der Waals surface area contributed by atoms with Gasteiger partial charge in [-0.15, -0.1) is 0 Å². The van der Waals surface area contributed by atoms with Gasteiger partial charge >= 0.3 is 0 Å². The second-order valence-electron chi connectivity index (χ2n) is 5.52. The molecule has 3 rings (SSSR count). The molecule has 1 aliphatic carbocycles. The van der Waals surface area contributed by atoms with Gasteiger partial charge in [-0.05, 0) is 43.4 Å². The first-order valence-electron chi connectivity index (χ1n) is 7.05. The SMILES string of the molecule is O=C1C(NC2CC2)CCN1CCc1ccc(O)cc1. The Kier molecular flexibility index (Phi) is 3.42. The van der Waals surface area contributed by atoms with Crippen LogP contribution in [0.5, 0.6) is 5.75 Å². The number of hydrogen-bond donors (Lipinski definition) is 2. The second kappa shape index (κ2) is 5.21. The van der Waals surface area contributed by atoms with Crippen LogP contribution in [0.2, 0.25) is 0 Å². The fraction of sp³-hybridized carbons (Fsp3) is 0.533. The summed E-state index contributed by atoms with van der Waals surface area (Å²) in [6.45, 7) is 1.63. The first-order valence-corrected chi connectivity index (χ1v) is 7.05.